The second kappa shape index (κ2) is 10.4. The minimum atomic E-state index is 0.725. The fraction of sp³-hybridized carbons (Fsp3) is 0.727. The molecule has 0 atom stereocenters. The summed E-state index contributed by atoms with van der Waals surface area (Å²) in [4.78, 5) is 9.96. The minimum absolute atomic E-state index is 0.725. The van der Waals surface area contributed by atoms with Crippen molar-refractivity contribution in [3.8, 4) is 0 Å². The highest BCUT2D eigenvalue weighted by molar-refractivity contribution is 5.48. The zero-order valence-electron chi connectivity index (χ0n) is 8.09. The van der Waals surface area contributed by atoms with Crippen LogP contribution in [0, 0.1) is 0 Å². The van der Waals surface area contributed by atoms with Crippen molar-refractivity contribution in [3.05, 3.63) is 12.2 Å². The van der Waals surface area contributed by atoms with Crippen LogP contribution >= 0.6 is 0 Å². The summed E-state index contributed by atoms with van der Waals surface area (Å²) in [7, 11) is 0. The zero-order chi connectivity index (χ0) is 9.07. The molecule has 0 heterocycles. The first-order valence-corrected chi connectivity index (χ1v) is 5.00. The Bertz CT molecular complexity index is 116. The standard InChI is InChI=1S/C11H20O/c1-2-3-4-5-6-7-8-9-10-11-12/h5-6,11H,2-4,7-10H2,1H3. The van der Waals surface area contributed by atoms with Crippen LogP contribution in [0.4, 0.5) is 0 Å². The van der Waals surface area contributed by atoms with Crippen LogP contribution in [0.15, 0.2) is 12.2 Å². The van der Waals surface area contributed by atoms with E-state index in [1.54, 1.807) is 0 Å². The number of hydrogen-bond donors (Lipinski definition) is 0. The quantitative estimate of drug-likeness (QED) is 0.308. The van der Waals surface area contributed by atoms with E-state index in [0.29, 0.717) is 0 Å². The Morgan fingerprint density at radius 2 is 1.50 bits per heavy atom. The molecule has 0 N–H and O–H groups in total. The molecule has 0 saturated carbocycles. The summed E-state index contributed by atoms with van der Waals surface area (Å²) < 4.78 is 0. The summed E-state index contributed by atoms with van der Waals surface area (Å²) in [5.74, 6) is 0. The molecule has 12 heavy (non-hydrogen) atoms. The second-order valence-corrected chi connectivity index (χ2v) is 3.06. The molecule has 0 unspecified atom stereocenters. The molecule has 0 aromatic heterocycles. The molecule has 0 aromatic rings. The molecule has 0 aliphatic heterocycles. The third-order valence-corrected chi connectivity index (χ3v) is 1.83. The van der Waals surface area contributed by atoms with Crippen molar-refractivity contribution in [2.45, 2.75) is 51.9 Å². The van der Waals surface area contributed by atoms with Gasteiger partial charge >= 0.3 is 0 Å². The van der Waals surface area contributed by atoms with Crippen molar-refractivity contribution in [3.63, 3.8) is 0 Å². The van der Waals surface area contributed by atoms with Gasteiger partial charge in [0, 0.05) is 6.42 Å². The van der Waals surface area contributed by atoms with Crippen molar-refractivity contribution in [1.82, 2.24) is 0 Å². The number of carbonyl (C=O) groups excluding carboxylic acids is 1. The maximum Gasteiger partial charge on any atom is 0.119 e. The topological polar surface area (TPSA) is 17.1 Å². The van der Waals surface area contributed by atoms with Crippen LogP contribution in [0.3, 0.4) is 0 Å². The van der Waals surface area contributed by atoms with Crippen molar-refractivity contribution >= 4 is 6.29 Å². The summed E-state index contributed by atoms with van der Waals surface area (Å²) in [5.41, 5.74) is 0. The molecule has 0 spiro atoms. The molecule has 1 heteroatoms. The Balaban J connectivity index is 2.97. The van der Waals surface area contributed by atoms with Crippen LogP contribution in [0.1, 0.15) is 51.9 Å². The fourth-order valence-electron chi connectivity index (χ4n) is 1.05. The highest BCUT2D eigenvalue weighted by Crippen LogP contribution is 2.01. The van der Waals surface area contributed by atoms with Gasteiger partial charge in [0.15, 0.2) is 0 Å². The monoisotopic (exact) mass is 168 g/mol. The van der Waals surface area contributed by atoms with Gasteiger partial charge in [-0.1, -0.05) is 31.9 Å². The van der Waals surface area contributed by atoms with Gasteiger partial charge in [0.2, 0.25) is 0 Å². The van der Waals surface area contributed by atoms with Crippen molar-refractivity contribution in [1.29, 1.82) is 0 Å². The lowest BCUT2D eigenvalue weighted by molar-refractivity contribution is -0.107. The fourth-order valence-corrected chi connectivity index (χ4v) is 1.05. The van der Waals surface area contributed by atoms with E-state index in [9.17, 15) is 4.79 Å². The molecular weight excluding hydrogens is 148 g/mol. The van der Waals surface area contributed by atoms with Gasteiger partial charge in [0.05, 0.1) is 0 Å². The average Bonchev–Trinajstić information content (AvgIpc) is 2.10. The minimum Gasteiger partial charge on any atom is -0.303 e. The number of carbonyl (C=O) groups is 1. The van der Waals surface area contributed by atoms with Gasteiger partial charge < -0.3 is 4.79 Å². The predicted molar refractivity (Wildman–Crippen MR) is 53.2 cm³/mol. The van der Waals surface area contributed by atoms with Crippen molar-refractivity contribution in [2.75, 3.05) is 0 Å². The van der Waals surface area contributed by atoms with E-state index < -0.39 is 0 Å². The van der Waals surface area contributed by atoms with Crippen molar-refractivity contribution < 1.29 is 4.79 Å². The number of hydrogen-bond acceptors (Lipinski definition) is 1. The number of unbranched alkanes of at least 4 members (excludes halogenated alkanes) is 5. The van der Waals surface area contributed by atoms with E-state index >= 15 is 0 Å². The Kier molecular flexibility index (Phi) is 9.90. The number of rotatable bonds is 8. The largest absolute Gasteiger partial charge is 0.303 e. The summed E-state index contributed by atoms with van der Waals surface area (Å²) in [6.45, 7) is 2.21. The van der Waals surface area contributed by atoms with Gasteiger partial charge in [0.1, 0.15) is 6.29 Å². The number of aldehydes is 1. The molecule has 0 aliphatic rings. The Morgan fingerprint density at radius 3 is 2.08 bits per heavy atom. The van der Waals surface area contributed by atoms with Crippen LogP contribution in [0.5, 0.6) is 0 Å². The molecule has 0 radical (unpaired) electrons. The maximum absolute atomic E-state index is 9.96. The van der Waals surface area contributed by atoms with E-state index in [4.69, 9.17) is 0 Å². The van der Waals surface area contributed by atoms with Gasteiger partial charge in [-0.15, -0.1) is 0 Å². The first-order valence-electron chi connectivity index (χ1n) is 5.00. The normalized spacial score (nSPS) is 10.8. The summed E-state index contributed by atoms with van der Waals surface area (Å²) in [6, 6.07) is 0. The van der Waals surface area contributed by atoms with Gasteiger partial charge in [-0.3, -0.25) is 0 Å². The third-order valence-electron chi connectivity index (χ3n) is 1.83. The van der Waals surface area contributed by atoms with Crippen LogP contribution in [0.25, 0.3) is 0 Å². The molecule has 1 nitrogen and oxygen atoms in total. The second-order valence-electron chi connectivity index (χ2n) is 3.06. The molecule has 0 aliphatic carbocycles. The first-order chi connectivity index (χ1) is 5.91. The Morgan fingerprint density at radius 1 is 0.917 bits per heavy atom. The molecule has 0 aromatic carbocycles. The van der Waals surface area contributed by atoms with Crippen molar-refractivity contribution in [2.24, 2.45) is 0 Å². The van der Waals surface area contributed by atoms with Gasteiger partial charge in [-0.05, 0) is 25.7 Å². The van der Waals surface area contributed by atoms with E-state index in [0.717, 1.165) is 32.0 Å². The lowest BCUT2D eigenvalue weighted by atomic mass is 10.2. The maximum atomic E-state index is 9.96. The molecule has 0 rings (SSSR count). The predicted octanol–water partition coefficient (Wildman–Crippen LogP) is 3.49. The van der Waals surface area contributed by atoms with Gasteiger partial charge in [-0.2, -0.15) is 0 Å². The van der Waals surface area contributed by atoms with Gasteiger partial charge in [-0.25, -0.2) is 0 Å². The van der Waals surface area contributed by atoms with Crippen LogP contribution in [-0.2, 0) is 4.79 Å². The molecule has 0 bridgehead atoms. The molecule has 0 saturated heterocycles. The average molecular weight is 168 g/mol. The van der Waals surface area contributed by atoms with Crippen LogP contribution in [0.2, 0.25) is 0 Å². The van der Waals surface area contributed by atoms with Gasteiger partial charge in [0.25, 0.3) is 0 Å². The lowest BCUT2D eigenvalue weighted by Crippen LogP contribution is -1.76. The zero-order valence-corrected chi connectivity index (χ0v) is 8.09. The molecule has 0 amide bonds. The smallest absolute Gasteiger partial charge is 0.119 e. The summed E-state index contributed by atoms with van der Waals surface area (Å²) >= 11 is 0. The summed E-state index contributed by atoms with van der Waals surface area (Å²) in [5, 5.41) is 0. The number of allylic oxidation sites excluding steroid dienone is 2. The van der Waals surface area contributed by atoms with Crippen LogP contribution < -0.4 is 0 Å². The third kappa shape index (κ3) is 9.41. The van der Waals surface area contributed by atoms with Crippen LogP contribution in [-0.4, -0.2) is 6.29 Å². The molecular formula is C11H20O. The van der Waals surface area contributed by atoms with E-state index in [-0.39, 0.29) is 0 Å². The highest BCUT2D eigenvalue weighted by atomic mass is 16.1. The van der Waals surface area contributed by atoms with E-state index in [2.05, 4.69) is 19.1 Å². The lowest BCUT2D eigenvalue weighted by Gasteiger charge is -1.91. The van der Waals surface area contributed by atoms with E-state index in [1.807, 2.05) is 0 Å². The molecule has 0 fully saturated rings. The highest BCUT2D eigenvalue weighted by Gasteiger charge is 1.84. The SMILES string of the molecule is CCCCC=CCCCCC=O. The molecule has 70 valence electrons. The Hall–Kier alpha value is -0.590. The first kappa shape index (κ1) is 11.4. The Labute approximate surface area is 75.9 Å². The summed E-state index contributed by atoms with van der Waals surface area (Å²) in [6.07, 6.45) is 13.3. The van der Waals surface area contributed by atoms with E-state index in [1.165, 1.54) is 19.3 Å².